The van der Waals surface area contributed by atoms with Crippen LogP contribution < -0.4 is 14.8 Å². The molecule has 1 aliphatic rings. The molecule has 0 aromatic heterocycles. The molecule has 25 heavy (non-hydrogen) atoms. The quantitative estimate of drug-likeness (QED) is 0.752. The number of hydrogen-bond donors (Lipinski definition) is 2. The molecule has 2 rings (SSSR count). The first-order valence-electron chi connectivity index (χ1n) is 8.58. The first kappa shape index (κ1) is 20.0. The van der Waals surface area contributed by atoms with Crippen molar-refractivity contribution in [1.29, 1.82) is 0 Å². The van der Waals surface area contributed by atoms with Gasteiger partial charge in [-0.15, -0.1) is 0 Å². The smallest absolute Gasteiger partial charge is 0.241 e. The number of nitrogens with one attached hydrogen (secondary N) is 2. The molecule has 0 saturated heterocycles. The van der Waals surface area contributed by atoms with Crippen molar-refractivity contribution in [2.45, 2.75) is 62.9 Å². The van der Waals surface area contributed by atoms with E-state index < -0.39 is 16.1 Å². The second kappa shape index (κ2) is 8.87. The fourth-order valence-electron chi connectivity index (χ4n) is 2.85. The summed E-state index contributed by atoms with van der Waals surface area (Å²) >= 11 is 6.05. The van der Waals surface area contributed by atoms with E-state index in [0.29, 0.717) is 12.4 Å². The van der Waals surface area contributed by atoms with Gasteiger partial charge in [-0.2, -0.15) is 4.72 Å². The molecular formula is C17H25ClN2O4S. The monoisotopic (exact) mass is 388 g/mol. The van der Waals surface area contributed by atoms with Crippen molar-refractivity contribution in [3.05, 3.63) is 23.2 Å². The van der Waals surface area contributed by atoms with E-state index in [9.17, 15) is 13.2 Å². The maximum Gasteiger partial charge on any atom is 0.241 e. The highest BCUT2D eigenvalue weighted by molar-refractivity contribution is 7.89. The zero-order valence-electron chi connectivity index (χ0n) is 14.5. The second-order valence-electron chi connectivity index (χ2n) is 6.21. The third-order valence-electron chi connectivity index (χ3n) is 4.19. The lowest BCUT2D eigenvalue weighted by Crippen LogP contribution is -2.48. The highest BCUT2D eigenvalue weighted by Gasteiger charge is 2.25. The molecule has 1 aromatic rings. The Bertz CT molecular complexity index is 703. The molecule has 0 bridgehead atoms. The van der Waals surface area contributed by atoms with Crippen molar-refractivity contribution in [2.24, 2.45) is 0 Å². The van der Waals surface area contributed by atoms with E-state index in [4.69, 9.17) is 16.3 Å². The largest absolute Gasteiger partial charge is 0.492 e. The van der Waals surface area contributed by atoms with Crippen LogP contribution in [0.4, 0.5) is 0 Å². The number of carbonyl (C=O) groups is 1. The second-order valence-corrected chi connectivity index (χ2v) is 8.33. The molecule has 8 heteroatoms. The van der Waals surface area contributed by atoms with Crippen LogP contribution in [0, 0.1) is 0 Å². The molecule has 0 spiro atoms. The Morgan fingerprint density at radius 2 is 2.00 bits per heavy atom. The average molecular weight is 389 g/mol. The Kier molecular flexibility index (Phi) is 7.10. The average Bonchev–Trinajstić information content (AvgIpc) is 2.57. The molecule has 1 aliphatic carbocycles. The summed E-state index contributed by atoms with van der Waals surface area (Å²) in [4.78, 5) is 12.2. The summed E-state index contributed by atoms with van der Waals surface area (Å²) in [6.45, 7) is 3.78. The van der Waals surface area contributed by atoms with Gasteiger partial charge in [0.2, 0.25) is 15.9 Å². The fourth-order valence-corrected chi connectivity index (χ4v) is 4.38. The zero-order valence-corrected chi connectivity index (χ0v) is 16.1. The van der Waals surface area contributed by atoms with Gasteiger partial charge in [0.05, 0.1) is 22.6 Å². The van der Waals surface area contributed by atoms with Gasteiger partial charge in [-0.1, -0.05) is 30.9 Å². The molecule has 1 atom stereocenters. The van der Waals surface area contributed by atoms with Crippen LogP contribution in [0.1, 0.15) is 46.0 Å². The van der Waals surface area contributed by atoms with Crippen LogP contribution in [-0.4, -0.2) is 33.0 Å². The summed E-state index contributed by atoms with van der Waals surface area (Å²) in [5.41, 5.74) is 0. The Morgan fingerprint density at radius 3 is 2.60 bits per heavy atom. The SMILES string of the molecule is CCOc1ccc(S(=O)(=O)N[C@@H](C)C(=O)NC2CCCCC2)cc1Cl. The molecule has 1 saturated carbocycles. The number of ether oxygens (including phenoxy) is 1. The maximum atomic E-state index is 12.5. The lowest BCUT2D eigenvalue weighted by Gasteiger charge is -2.24. The van der Waals surface area contributed by atoms with Crippen LogP contribution in [0.5, 0.6) is 5.75 Å². The summed E-state index contributed by atoms with van der Waals surface area (Å²) in [5.74, 6) is 0.110. The van der Waals surface area contributed by atoms with Crippen molar-refractivity contribution >= 4 is 27.5 Å². The third-order valence-corrected chi connectivity index (χ3v) is 6.02. The van der Waals surface area contributed by atoms with Gasteiger partial charge < -0.3 is 10.1 Å². The van der Waals surface area contributed by atoms with Gasteiger partial charge in [0.25, 0.3) is 0 Å². The first-order valence-corrected chi connectivity index (χ1v) is 10.4. The topological polar surface area (TPSA) is 84.5 Å². The number of carbonyl (C=O) groups excluding carboxylic acids is 1. The van der Waals surface area contributed by atoms with Crippen molar-refractivity contribution in [3.63, 3.8) is 0 Å². The standard InChI is InChI=1S/C17H25ClN2O4S/c1-3-24-16-10-9-14(11-15(16)18)25(22,23)20-12(2)17(21)19-13-7-5-4-6-8-13/h9-13,20H,3-8H2,1-2H3,(H,19,21)/t12-/m0/s1. The van der Waals surface area contributed by atoms with Crippen LogP contribution in [0.3, 0.4) is 0 Å². The van der Waals surface area contributed by atoms with Gasteiger partial charge in [0, 0.05) is 6.04 Å². The minimum atomic E-state index is -3.85. The number of benzene rings is 1. The molecule has 1 fully saturated rings. The van der Waals surface area contributed by atoms with Crippen LogP contribution in [0.25, 0.3) is 0 Å². The van der Waals surface area contributed by atoms with E-state index >= 15 is 0 Å². The van der Waals surface area contributed by atoms with Crippen LogP contribution in [-0.2, 0) is 14.8 Å². The predicted octanol–water partition coefficient (Wildman–Crippen LogP) is 2.85. The zero-order chi connectivity index (χ0) is 18.4. The molecule has 1 aromatic carbocycles. The van der Waals surface area contributed by atoms with E-state index in [2.05, 4.69) is 10.0 Å². The van der Waals surface area contributed by atoms with Crippen molar-refractivity contribution in [3.8, 4) is 5.75 Å². The Balaban J connectivity index is 2.01. The van der Waals surface area contributed by atoms with Gasteiger partial charge in [-0.05, 0) is 44.9 Å². The summed E-state index contributed by atoms with van der Waals surface area (Å²) in [7, 11) is -3.85. The Labute approximate surface area is 154 Å². The van der Waals surface area contributed by atoms with Crippen molar-refractivity contribution < 1.29 is 17.9 Å². The molecule has 1 amide bonds. The van der Waals surface area contributed by atoms with E-state index in [1.165, 1.54) is 31.5 Å². The fraction of sp³-hybridized carbons (Fsp3) is 0.588. The normalized spacial score (nSPS) is 17.1. The predicted molar refractivity (Wildman–Crippen MR) is 97.4 cm³/mol. The summed E-state index contributed by atoms with van der Waals surface area (Å²) in [5, 5.41) is 3.13. The van der Waals surface area contributed by atoms with Crippen LogP contribution >= 0.6 is 11.6 Å². The molecule has 0 aliphatic heterocycles. The number of hydrogen-bond acceptors (Lipinski definition) is 4. The van der Waals surface area contributed by atoms with Crippen LogP contribution in [0.15, 0.2) is 23.1 Å². The lowest BCUT2D eigenvalue weighted by atomic mass is 9.95. The molecule has 2 N–H and O–H groups in total. The Hall–Kier alpha value is -1.31. The van der Waals surface area contributed by atoms with Gasteiger partial charge in [0.1, 0.15) is 5.75 Å². The lowest BCUT2D eigenvalue weighted by molar-refractivity contribution is -0.123. The van der Waals surface area contributed by atoms with E-state index in [1.807, 2.05) is 6.92 Å². The van der Waals surface area contributed by atoms with Gasteiger partial charge >= 0.3 is 0 Å². The maximum absolute atomic E-state index is 12.5. The van der Waals surface area contributed by atoms with Gasteiger partial charge in [-0.3, -0.25) is 4.79 Å². The number of amides is 1. The summed E-state index contributed by atoms with van der Waals surface area (Å²) in [6.07, 6.45) is 5.26. The molecule has 0 heterocycles. The molecule has 6 nitrogen and oxygen atoms in total. The summed E-state index contributed by atoms with van der Waals surface area (Å²) in [6, 6.07) is 3.50. The van der Waals surface area contributed by atoms with Crippen molar-refractivity contribution in [1.82, 2.24) is 10.0 Å². The number of halogens is 1. The first-order chi connectivity index (χ1) is 11.8. The number of sulfonamides is 1. The highest BCUT2D eigenvalue weighted by Crippen LogP contribution is 2.27. The minimum Gasteiger partial charge on any atom is -0.492 e. The number of rotatable bonds is 7. The van der Waals surface area contributed by atoms with Gasteiger partial charge in [-0.25, -0.2) is 8.42 Å². The molecule has 0 unspecified atom stereocenters. The minimum absolute atomic E-state index is 0.00160. The van der Waals surface area contributed by atoms with E-state index in [1.54, 1.807) is 0 Å². The summed E-state index contributed by atoms with van der Waals surface area (Å²) < 4.78 is 32.6. The highest BCUT2D eigenvalue weighted by atomic mass is 35.5. The third kappa shape index (κ3) is 5.59. The van der Waals surface area contributed by atoms with E-state index in [0.717, 1.165) is 25.7 Å². The molecule has 140 valence electrons. The van der Waals surface area contributed by atoms with Gasteiger partial charge in [0.15, 0.2) is 0 Å². The van der Waals surface area contributed by atoms with Crippen molar-refractivity contribution in [2.75, 3.05) is 6.61 Å². The van der Waals surface area contributed by atoms with E-state index in [-0.39, 0.29) is 21.9 Å². The van der Waals surface area contributed by atoms with Crippen LogP contribution in [0.2, 0.25) is 5.02 Å². The Morgan fingerprint density at radius 1 is 1.32 bits per heavy atom. The molecular weight excluding hydrogens is 364 g/mol. The molecule has 0 radical (unpaired) electrons.